The Morgan fingerprint density at radius 3 is 2.79 bits per heavy atom. The number of hydrogen-bond acceptors (Lipinski definition) is 8. The van der Waals surface area contributed by atoms with E-state index in [0.717, 1.165) is 19.6 Å². The van der Waals surface area contributed by atoms with E-state index in [1.54, 1.807) is 0 Å². The van der Waals surface area contributed by atoms with Crippen LogP contribution in [0.3, 0.4) is 0 Å². The zero-order valence-electron chi connectivity index (χ0n) is 18.5. The average Bonchev–Trinajstić information content (AvgIpc) is 3.24. The van der Waals surface area contributed by atoms with Crippen molar-refractivity contribution >= 4 is 29.5 Å². The van der Waals surface area contributed by atoms with E-state index in [1.807, 2.05) is 6.92 Å². The van der Waals surface area contributed by atoms with Crippen LogP contribution in [0.2, 0.25) is 0 Å². The molecule has 5 N–H and O–H groups in total. The molecule has 1 heterocycles. The molecule has 0 saturated heterocycles. The van der Waals surface area contributed by atoms with Crippen LogP contribution in [0.4, 0.5) is 9.18 Å². The van der Waals surface area contributed by atoms with Crippen LogP contribution in [0.15, 0.2) is 23.4 Å². The van der Waals surface area contributed by atoms with Crippen molar-refractivity contribution in [2.75, 3.05) is 20.3 Å². The number of nitrogen functional groups attached to an aromatic ring is 1. The highest BCUT2D eigenvalue weighted by Crippen LogP contribution is 2.21. The Morgan fingerprint density at radius 2 is 2.15 bits per heavy atom. The number of methoxy groups -OCH3 is 1. The number of halogens is 1. The Labute approximate surface area is 190 Å². The lowest BCUT2D eigenvalue weighted by atomic mass is 10.0. The molecular formula is C21H28FN5O6. The van der Waals surface area contributed by atoms with E-state index < -0.39 is 35.9 Å². The van der Waals surface area contributed by atoms with Crippen molar-refractivity contribution in [2.24, 2.45) is 10.9 Å². The number of carbonyl (C=O) groups is 3. The first-order valence-corrected chi connectivity index (χ1v) is 10.4. The van der Waals surface area contributed by atoms with Crippen LogP contribution in [0, 0.1) is 11.2 Å². The van der Waals surface area contributed by atoms with E-state index in [9.17, 15) is 18.8 Å². The number of nitrogens with two attached hydrogens (primary N) is 1. The van der Waals surface area contributed by atoms with Crippen molar-refractivity contribution in [1.82, 2.24) is 10.6 Å². The number of ether oxygens (including phenoxy) is 2. The van der Waals surface area contributed by atoms with Crippen LogP contribution in [0.5, 0.6) is 0 Å². The summed E-state index contributed by atoms with van der Waals surface area (Å²) < 4.78 is 23.9. The van der Waals surface area contributed by atoms with E-state index >= 15 is 0 Å². The highest BCUT2D eigenvalue weighted by atomic mass is 19.1. The molecule has 0 aliphatic carbocycles. The number of hydrogen-bond donors (Lipinski definition) is 4. The maximum absolute atomic E-state index is 14.3. The zero-order chi connectivity index (χ0) is 24.4. The number of amidine groups is 1. The Kier molecular flexibility index (Phi) is 9.58. The Bertz CT molecular complexity index is 922. The van der Waals surface area contributed by atoms with E-state index in [2.05, 4.69) is 20.5 Å². The second-order valence-electron chi connectivity index (χ2n) is 7.30. The quantitative estimate of drug-likeness (QED) is 0.165. The van der Waals surface area contributed by atoms with Gasteiger partial charge in [0.2, 0.25) is 5.91 Å². The molecule has 2 rings (SSSR count). The predicted molar refractivity (Wildman–Crippen MR) is 116 cm³/mol. The lowest BCUT2D eigenvalue weighted by Gasteiger charge is -2.17. The lowest BCUT2D eigenvalue weighted by molar-refractivity contribution is -0.143. The summed E-state index contributed by atoms with van der Waals surface area (Å²) in [5.41, 5.74) is 6.11. The summed E-state index contributed by atoms with van der Waals surface area (Å²) in [6, 6.07) is 2.95. The first-order chi connectivity index (χ1) is 15.7. The molecule has 0 radical (unpaired) electrons. The van der Waals surface area contributed by atoms with Gasteiger partial charge in [0, 0.05) is 24.1 Å². The molecule has 11 nitrogen and oxygen atoms in total. The first kappa shape index (κ1) is 25.6. The van der Waals surface area contributed by atoms with E-state index in [4.69, 9.17) is 20.7 Å². The van der Waals surface area contributed by atoms with Crippen molar-refractivity contribution in [3.63, 3.8) is 0 Å². The number of amides is 2. The fraction of sp³-hybridized carbons (Fsp3) is 0.476. The molecule has 0 bridgehead atoms. The molecule has 33 heavy (non-hydrogen) atoms. The number of esters is 1. The molecule has 0 aromatic heterocycles. The van der Waals surface area contributed by atoms with Gasteiger partial charge in [0.25, 0.3) is 0 Å². The molecular weight excluding hydrogens is 437 g/mol. The highest BCUT2D eigenvalue weighted by molar-refractivity contribution is 6.03. The normalized spacial score (nSPS) is 15.6. The molecule has 2 amide bonds. The molecule has 12 heteroatoms. The third-order valence-electron chi connectivity index (χ3n) is 4.75. The second-order valence-corrected chi connectivity index (χ2v) is 7.30. The SMILES string of the molecule is CCCCOC(=O)N[C@@H](CNC(=O)CC1CC(c2ccc(C(=N)N)cc2F)=NO1)C(=O)OC. The third-order valence-corrected chi connectivity index (χ3v) is 4.75. The van der Waals surface area contributed by atoms with Gasteiger partial charge in [0.15, 0.2) is 0 Å². The van der Waals surface area contributed by atoms with Gasteiger partial charge in [-0.2, -0.15) is 0 Å². The second kappa shape index (κ2) is 12.4. The van der Waals surface area contributed by atoms with Crippen molar-refractivity contribution in [3.8, 4) is 0 Å². The van der Waals surface area contributed by atoms with Gasteiger partial charge in [-0.15, -0.1) is 0 Å². The molecule has 180 valence electrons. The van der Waals surface area contributed by atoms with E-state index in [-0.39, 0.29) is 43.0 Å². The number of oxime groups is 1. The van der Waals surface area contributed by atoms with Gasteiger partial charge < -0.3 is 30.7 Å². The minimum Gasteiger partial charge on any atom is -0.467 e. The summed E-state index contributed by atoms with van der Waals surface area (Å²) >= 11 is 0. The molecule has 0 saturated carbocycles. The Balaban J connectivity index is 1.84. The summed E-state index contributed by atoms with van der Waals surface area (Å²) in [7, 11) is 1.16. The number of alkyl carbamates (subject to hydrolysis) is 1. The fourth-order valence-corrected chi connectivity index (χ4v) is 2.94. The predicted octanol–water partition coefficient (Wildman–Crippen LogP) is 1.18. The van der Waals surface area contributed by atoms with Gasteiger partial charge in [-0.3, -0.25) is 10.2 Å². The average molecular weight is 465 g/mol. The summed E-state index contributed by atoms with van der Waals surface area (Å²) in [4.78, 5) is 41.2. The summed E-state index contributed by atoms with van der Waals surface area (Å²) in [5, 5.41) is 16.1. The van der Waals surface area contributed by atoms with Gasteiger partial charge in [-0.1, -0.05) is 24.6 Å². The van der Waals surface area contributed by atoms with E-state index in [0.29, 0.717) is 12.1 Å². The Hall–Kier alpha value is -3.70. The van der Waals surface area contributed by atoms with Crippen LogP contribution in [-0.2, 0) is 23.9 Å². The standard InChI is InChI=1S/C21H28FN5O6/c1-3-4-7-32-21(30)26-17(20(29)31-2)11-25-18(28)10-13-9-16(27-33-13)14-6-5-12(19(23)24)8-15(14)22/h5-6,8,13,17H,3-4,7,9-11H2,1-2H3,(H3,23,24)(H,25,28)(H,26,30)/t13?,17-/m0/s1. The maximum atomic E-state index is 14.3. The minimum atomic E-state index is -1.13. The number of benzene rings is 1. The smallest absolute Gasteiger partial charge is 0.407 e. The molecule has 1 aliphatic heterocycles. The topological polar surface area (TPSA) is 165 Å². The van der Waals surface area contributed by atoms with Crippen molar-refractivity contribution in [3.05, 3.63) is 35.1 Å². The van der Waals surface area contributed by atoms with Crippen molar-refractivity contribution in [1.29, 1.82) is 5.41 Å². The summed E-state index contributed by atoms with van der Waals surface area (Å²) in [6.45, 7) is 1.94. The van der Waals surface area contributed by atoms with Crippen LogP contribution in [-0.4, -0.2) is 61.9 Å². The highest BCUT2D eigenvalue weighted by Gasteiger charge is 2.28. The van der Waals surface area contributed by atoms with Crippen molar-refractivity contribution < 1.29 is 33.1 Å². The number of unbranched alkanes of at least 4 members (excludes halogenated alkanes) is 1. The molecule has 0 spiro atoms. The molecule has 1 aliphatic rings. The Morgan fingerprint density at radius 1 is 1.39 bits per heavy atom. The van der Waals surface area contributed by atoms with Crippen LogP contribution < -0.4 is 16.4 Å². The number of rotatable bonds is 11. The van der Waals surface area contributed by atoms with Gasteiger partial charge in [-0.25, -0.2) is 14.0 Å². The maximum Gasteiger partial charge on any atom is 0.407 e. The van der Waals surface area contributed by atoms with Gasteiger partial charge >= 0.3 is 12.1 Å². The summed E-state index contributed by atoms with van der Waals surface area (Å²) in [6.07, 6.45) is 0.192. The molecule has 2 atom stereocenters. The minimum absolute atomic E-state index is 0.102. The van der Waals surface area contributed by atoms with Gasteiger partial charge in [0.05, 0.1) is 25.8 Å². The number of nitrogens with one attached hydrogen (secondary N) is 3. The van der Waals surface area contributed by atoms with Crippen LogP contribution >= 0.6 is 0 Å². The summed E-state index contributed by atoms with van der Waals surface area (Å²) in [5.74, 6) is -2.06. The lowest BCUT2D eigenvalue weighted by Crippen LogP contribution is -2.49. The van der Waals surface area contributed by atoms with Gasteiger partial charge in [-0.05, 0) is 18.6 Å². The molecule has 1 aromatic carbocycles. The fourth-order valence-electron chi connectivity index (χ4n) is 2.94. The zero-order valence-corrected chi connectivity index (χ0v) is 18.5. The largest absolute Gasteiger partial charge is 0.467 e. The first-order valence-electron chi connectivity index (χ1n) is 10.4. The van der Waals surface area contributed by atoms with Crippen molar-refractivity contribution in [2.45, 2.75) is 44.8 Å². The molecule has 0 fully saturated rings. The third kappa shape index (κ3) is 7.74. The monoisotopic (exact) mass is 465 g/mol. The molecule has 1 unspecified atom stereocenters. The van der Waals surface area contributed by atoms with Crippen LogP contribution in [0.25, 0.3) is 0 Å². The molecule has 1 aromatic rings. The van der Waals surface area contributed by atoms with Crippen LogP contribution in [0.1, 0.15) is 43.7 Å². The van der Waals surface area contributed by atoms with Gasteiger partial charge in [0.1, 0.15) is 23.8 Å². The number of nitrogens with zero attached hydrogens (tertiary/aromatic N) is 1. The number of carbonyl (C=O) groups excluding carboxylic acids is 3. The van der Waals surface area contributed by atoms with E-state index in [1.165, 1.54) is 12.1 Å².